The van der Waals surface area contributed by atoms with Gasteiger partial charge in [0.15, 0.2) is 6.10 Å². The van der Waals surface area contributed by atoms with Crippen LogP contribution < -0.4 is 9.47 Å². The van der Waals surface area contributed by atoms with Gasteiger partial charge in [-0.25, -0.2) is 4.79 Å². The number of hydrogen-bond donors (Lipinski definition) is 0. The Kier molecular flexibility index (Phi) is 5.90. The highest BCUT2D eigenvalue weighted by Gasteiger charge is 2.30. The summed E-state index contributed by atoms with van der Waals surface area (Å²) in [6.45, 7) is 1.80. The summed E-state index contributed by atoms with van der Waals surface area (Å²) in [5.41, 5.74) is -0.739. The molecule has 25 heavy (non-hydrogen) atoms. The minimum Gasteiger partial charge on any atom is -0.479 e. The first-order chi connectivity index (χ1) is 11.8. The van der Waals surface area contributed by atoms with Gasteiger partial charge < -0.3 is 14.2 Å². The summed E-state index contributed by atoms with van der Waals surface area (Å²) in [5.74, 6) is 0.700. The van der Waals surface area contributed by atoms with Crippen molar-refractivity contribution in [2.75, 3.05) is 7.11 Å². The van der Waals surface area contributed by atoms with Gasteiger partial charge in [0.25, 0.3) is 0 Å². The number of hydrogen-bond acceptors (Lipinski definition) is 4. The van der Waals surface area contributed by atoms with Gasteiger partial charge in [-0.3, -0.25) is 0 Å². The second-order valence-electron chi connectivity index (χ2n) is 5.13. The predicted octanol–water partition coefficient (Wildman–Crippen LogP) is 4.83. The van der Waals surface area contributed by atoms with E-state index in [1.165, 1.54) is 19.2 Å². The highest BCUT2D eigenvalue weighted by atomic mass is 19.4. The van der Waals surface area contributed by atoms with Gasteiger partial charge in [0.05, 0.1) is 12.7 Å². The molecule has 1 unspecified atom stereocenters. The lowest BCUT2D eigenvalue weighted by atomic mass is 10.2. The van der Waals surface area contributed by atoms with Crippen LogP contribution in [0.5, 0.6) is 17.2 Å². The van der Waals surface area contributed by atoms with Gasteiger partial charge in [-0.2, -0.15) is 13.2 Å². The molecular weight excluding hydrogens is 337 g/mol. The SMILES string of the molecule is CCC(Oc1ccc(Oc2ccc(C(F)(F)F)cc2)cc1)C(=O)OC. The molecule has 0 fully saturated rings. The van der Waals surface area contributed by atoms with E-state index in [2.05, 4.69) is 4.74 Å². The number of carbonyl (C=O) groups is 1. The maximum Gasteiger partial charge on any atom is 0.416 e. The minimum absolute atomic E-state index is 0.280. The summed E-state index contributed by atoms with van der Waals surface area (Å²) in [5, 5.41) is 0. The lowest BCUT2D eigenvalue weighted by Crippen LogP contribution is -2.27. The lowest BCUT2D eigenvalue weighted by Gasteiger charge is -2.15. The Morgan fingerprint density at radius 3 is 1.88 bits per heavy atom. The molecule has 0 spiro atoms. The molecule has 0 bridgehead atoms. The number of carbonyl (C=O) groups excluding carboxylic acids is 1. The van der Waals surface area contributed by atoms with Gasteiger partial charge in [0, 0.05) is 0 Å². The van der Waals surface area contributed by atoms with Gasteiger partial charge in [0.1, 0.15) is 17.2 Å². The monoisotopic (exact) mass is 354 g/mol. The van der Waals surface area contributed by atoms with Crippen LogP contribution in [-0.2, 0) is 15.7 Å². The second-order valence-corrected chi connectivity index (χ2v) is 5.13. The molecule has 7 heteroatoms. The van der Waals surface area contributed by atoms with E-state index in [0.29, 0.717) is 17.9 Å². The van der Waals surface area contributed by atoms with E-state index in [1.807, 2.05) is 0 Å². The zero-order valence-electron chi connectivity index (χ0n) is 13.7. The Labute approximate surface area is 143 Å². The maximum absolute atomic E-state index is 12.5. The van der Waals surface area contributed by atoms with Crippen molar-refractivity contribution >= 4 is 5.97 Å². The molecule has 0 saturated carbocycles. The first kappa shape index (κ1) is 18.6. The molecule has 1 atom stereocenters. The second kappa shape index (κ2) is 7.92. The standard InChI is InChI=1S/C18H17F3O4/c1-3-16(17(22)23-2)25-15-10-8-14(9-11-15)24-13-6-4-12(5-7-13)18(19,20)21/h4-11,16H,3H2,1-2H3. The lowest BCUT2D eigenvalue weighted by molar-refractivity contribution is -0.149. The van der Waals surface area contributed by atoms with Crippen molar-refractivity contribution in [3.05, 3.63) is 54.1 Å². The molecule has 0 heterocycles. The summed E-state index contributed by atoms with van der Waals surface area (Å²) < 4.78 is 53.2. The van der Waals surface area contributed by atoms with Crippen LogP contribution in [0.4, 0.5) is 13.2 Å². The van der Waals surface area contributed by atoms with Crippen LogP contribution in [0.15, 0.2) is 48.5 Å². The normalized spacial score (nSPS) is 12.4. The largest absolute Gasteiger partial charge is 0.479 e. The van der Waals surface area contributed by atoms with Crippen molar-refractivity contribution in [3.8, 4) is 17.2 Å². The molecule has 0 aromatic heterocycles. The highest BCUT2D eigenvalue weighted by Crippen LogP contribution is 2.31. The third-order valence-corrected chi connectivity index (χ3v) is 3.35. The number of ether oxygens (including phenoxy) is 3. The van der Waals surface area contributed by atoms with Gasteiger partial charge in [-0.15, -0.1) is 0 Å². The highest BCUT2D eigenvalue weighted by molar-refractivity contribution is 5.74. The first-order valence-corrected chi connectivity index (χ1v) is 7.53. The zero-order valence-corrected chi connectivity index (χ0v) is 13.7. The van der Waals surface area contributed by atoms with Crippen molar-refractivity contribution in [2.45, 2.75) is 25.6 Å². The molecule has 0 amide bonds. The summed E-state index contributed by atoms with van der Waals surface area (Å²) in [7, 11) is 1.29. The molecule has 0 aliphatic rings. The van der Waals surface area contributed by atoms with E-state index in [-0.39, 0.29) is 5.75 Å². The van der Waals surface area contributed by atoms with Crippen LogP contribution >= 0.6 is 0 Å². The van der Waals surface area contributed by atoms with Crippen LogP contribution in [-0.4, -0.2) is 19.2 Å². The molecule has 2 aromatic rings. The third kappa shape index (κ3) is 5.14. The molecule has 0 radical (unpaired) electrons. The minimum atomic E-state index is -4.38. The third-order valence-electron chi connectivity index (χ3n) is 3.35. The summed E-state index contributed by atoms with van der Waals surface area (Å²) in [6.07, 6.45) is -4.63. The van der Waals surface area contributed by atoms with Crippen molar-refractivity contribution in [2.24, 2.45) is 0 Å². The number of alkyl halides is 3. The van der Waals surface area contributed by atoms with E-state index in [4.69, 9.17) is 9.47 Å². The topological polar surface area (TPSA) is 44.8 Å². The van der Waals surface area contributed by atoms with Crippen LogP contribution in [0.3, 0.4) is 0 Å². The Hall–Kier alpha value is -2.70. The fourth-order valence-corrected chi connectivity index (χ4v) is 2.03. The van der Waals surface area contributed by atoms with E-state index < -0.39 is 23.8 Å². The molecule has 0 N–H and O–H groups in total. The Bertz CT molecular complexity index is 694. The van der Waals surface area contributed by atoms with Gasteiger partial charge in [-0.05, 0) is 55.0 Å². The molecule has 2 aromatic carbocycles. The van der Waals surface area contributed by atoms with Crippen molar-refractivity contribution < 1.29 is 32.2 Å². The molecule has 0 aliphatic heterocycles. The first-order valence-electron chi connectivity index (χ1n) is 7.53. The number of esters is 1. The Morgan fingerprint density at radius 2 is 1.44 bits per heavy atom. The summed E-state index contributed by atoms with van der Waals surface area (Å²) >= 11 is 0. The average Bonchev–Trinajstić information content (AvgIpc) is 2.60. The summed E-state index contributed by atoms with van der Waals surface area (Å²) in [6, 6.07) is 10.8. The molecule has 0 aliphatic carbocycles. The molecule has 2 rings (SSSR count). The number of methoxy groups -OCH3 is 1. The number of rotatable bonds is 6. The molecule has 0 saturated heterocycles. The van der Waals surface area contributed by atoms with Crippen LogP contribution in [0, 0.1) is 0 Å². The fraction of sp³-hybridized carbons (Fsp3) is 0.278. The van der Waals surface area contributed by atoms with E-state index in [0.717, 1.165) is 12.1 Å². The van der Waals surface area contributed by atoms with Gasteiger partial charge in [0.2, 0.25) is 0 Å². The molecular formula is C18H17F3O4. The van der Waals surface area contributed by atoms with Crippen molar-refractivity contribution in [1.82, 2.24) is 0 Å². The molecule has 4 nitrogen and oxygen atoms in total. The maximum atomic E-state index is 12.5. The van der Waals surface area contributed by atoms with Crippen LogP contribution in [0.25, 0.3) is 0 Å². The van der Waals surface area contributed by atoms with Crippen LogP contribution in [0.1, 0.15) is 18.9 Å². The predicted molar refractivity (Wildman–Crippen MR) is 84.7 cm³/mol. The molecule has 134 valence electrons. The Balaban J connectivity index is 2.01. The van der Waals surface area contributed by atoms with Crippen molar-refractivity contribution in [1.29, 1.82) is 0 Å². The quantitative estimate of drug-likeness (QED) is 0.697. The fourth-order valence-electron chi connectivity index (χ4n) is 2.03. The van der Waals surface area contributed by atoms with E-state index in [9.17, 15) is 18.0 Å². The van der Waals surface area contributed by atoms with Gasteiger partial charge >= 0.3 is 12.1 Å². The Morgan fingerprint density at radius 1 is 0.960 bits per heavy atom. The van der Waals surface area contributed by atoms with Crippen molar-refractivity contribution in [3.63, 3.8) is 0 Å². The summed E-state index contributed by atoms with van der Waals surface area (Å²) in [4.78, 5) is 11.5. The van der Waals surface area contributed by atoms with E-state index in [1.54, 1.807) is 31.2 Å². The zero-order chi connectivity index (χ0) is 18.4. The van der Waals surface area contributed by atoms with E-state index >= 15 is 0 Å². The van der Waals surface area contributed by atoms with Crippen LogP contribution in [0.2, 0.25) is 0 Å². The number of halogens is 3. The number of benzene rings is 2. The van der Waals surface area contributed by atoms with Gasteiger partial charge in [-0.1, -0.05) is 6.92 Å². The smallest absolute Gasteiger partial charge is 0.416 e. The average molecular weight is 354 g/mol.